The molecule has 1 aliphatic heterocycles. The lowest BCUT2D eigenvalue weighted by atomic mass is 10.1. The first kappa shape index (κ1) is 19.3. The van der Waals surface area contributed by atoms with Crippen LogP contribution >= 0.6 is 0 Å². The van der Waals surface area contributed by atoms with Crippen LogP contribution in [0, 0.1) is 0 Å². The molecule has 4 rings (SSSR count). The number of hydrogen-bond donors (Lipinski definition) is 2. The van der Waals surface area contributed by atoms with Crippen LogP contribution in [0.1, 0.15) is 18.4 Å². The fourth-order valence-corrected chi connectivity index (χ4v) is 3.47. The summed E-state index contributed by atoms with van der Waals surface area (Å²) < 4.78 is 6.12. The van der Waals surface area contributed by atoms with Crippen molar-refractivity contribution in [1.29, 1.82) is 0 Å². The summed E-state index contributed by atoms with van der Waals surface area (Å²) in [4.78, 5) is 6.78. The largest absolute Gasteiger partial charge is 0.490 e. The molecule has 2 heterocycles. The van der Waals surface area contributed by atoms with Gasteiger partial charge in [-0.15, -0.1) is 0 Å². The summed E-state index contributed by atoms with van der Waals surface area (Å²) >= 11 is 0. The third-order valence-electron chi connectivity index (χ3n) is 5.19. The molecule has 1 fully saturated rings. The molecule has 1 aliphatic rings. The highest BCUT2D eigenvalue weighted by molar-refractivity contribution is 5.61. The lowest BCUT2D eigenvalue weighted by molar-refractivity contribution is 0.114. The van der Waals surface area contributed by atoms with Gasteiger partial charge in [0, 0.05) is 43.3 Å². The van der Waals surface area contributed by atoms with E-state index in [-0.39, 0.29) is 0 Å². The molecule has 0 saturated carbocycles. The van der Waals surface area contributed by atoms with E-state index in [4.69, 9.17) is 4.74 Å². The summed E-state index contributed by atoms with van der Waals surface area (Å²) in [5, 5.41) is 6.81. The second-order valence-electron chi connectivity index (χ2n) is 7.54. The Labute approximate surface area is 172 Å². The zero-order valence-electron chi connectivity index (χ0n) is 16.8. The van der Waals surface area contributed by atoms with Gasteiger partial charge >= 0.3 is 0 Å². The number of likely N-dealkylation sites (tertiary alicyclic amines) is 1. The highest BCUT2D eigenvalue weighted by Gasteiger charge is 2.17. The number of rotatable bonds is 7. The Balaban J connectivity index is 1.32. The molecule has 3 aromatic rings. The van der Waals surface area contributed by atoms with Gasteiger partial charge in [0.15, 0.2) is 0 Å². The first-order chi connectivity index (χ1) is 14.2. The van der Waals surface area contributed by atoms with Crippen molar-refractivity contribution >= 4 is 17.2 Å². The molecule has 0 radical (unpaired) electrons. The van der Waals surface area contributed by atoms with Crippen LogP contribution in [-0.2, 0) is 6.54 Å². The van der Waals surface area contributed by atoms with Gasteiger partial charge in [-0.25, -0.2) is 4.98 Å². The quantitative estimate of drug-likeness (QED) is 0.602. The molecule has 0 bridgehead atoms. The minimum absolute atomic E-state index is 0.319. The minimum Gasteiger partial charge on any atom is -0.490 e. The van der Waals surface area contributed by atoms with Crippen molar-refractivity contribution < 1.29 is 4.74 Å². The third-order valence-corrected chi connectivity index (χ3v) is 5.19. The predicted octanol–water partition coefficient (Wildman–Crippen LogP) is 4.91. The van der Waals surface area contributed by atoms with E-state index in [1.54, 1.807) is 0 Å². The Morgan fingerprint density at radius 3 is 2.48 bits per heavy atom. The number of nitrogens with one attached hydrogen (secondary N) is 2. The molecule has 29 heavy (non-hydrogen) atoms. The molecule has 5 nitrogen and oxygen atoms in total. The van der Waals surface area contributed by atoms with Crippen LogP contribution in [-0.4, -0.2) is 36.1 Å². The Morgan fingerprint density at radius 1 is 0.966 bits per heavy atom. The molecule has 0 aliphatic carbocycles. The van der Waals surface area contributed by atoms with E-state index in [0.29, 0.717) is 6.10 Å². The van der Waals surface area contributed by atoms with Crippen LogP contribution < -0.4 is 15.4 Å². The molecular weight excluding hydrogens is 360 g/mol. The molecule has 0 amide bonds. The Kier molecular flexibility index (Phi) is 6.27. The first-order valence-corrected chi connectivity index (χ1v) is 10.2. The Morgan fingerprint density at radius 2 is 1.72 bits per heavy atom. The van der Waals surface area contributed by atoms with Crippen molar-refractivity contribution in [3.63, 3.8) is 0 Å². The number of piperidine rings is 1. The molecule has 2 N–H and O–H groups in total. The Bertz CT molecular complexity index is 890. The van der Waals surface area contributed by atoms with Crippen molar-refractivity contribution in [3.8, 4) is 5.75 Å². The van der Waals surface area contributed by atoms with E-state index in [0.717, 1.165) is 55.4 Å². The summed E-state index contributed by atoms with van der Waals surface area (Å²) in [7, 11) is 2.16. The number of hydrogen-bond acceptors (Lipinski definition) is 5. The molecule has 2 aromatic carbocycles. The SMILES string of the molecule is CN1CCC(Oc2ccc(Nc3cc(NCc4ccccc4)ccn3)cc2)CC1. The van der Waals surface area contributed by atoms with Gasteiger partial charge in [0.05, 0.1) is 0 Å². The van der Waals surface area contributed by atoms with Crippen LogP contribution in [0.3, 0.4) is 0 Å². The number of ether oxygens (including phenoxy) is 1. The van der Waals surface area contributed by atoms with Crippen LogP contribution in [0.4, 0.5) is 17.2 Å². The smallest absolute Gasteiger partial charge is 0.132 e. The van der Waals surface area contributed by atoms with Gasteiger partial charge in [0.1, 0.15) is 17.7 Å². The van der Waals surface area contributed by atoms with E-state index in [9.17, 15) is 0 Å². The second-order valence-corrected chi connectivity index (χ2v) is 7.54. The molecule has 5 heteroatoms. The van der Waals surface area contributed by atoms with Gasteiger partial charge in [-0.1, -0.05) is 30.3 Å². The van der Waals surface area contributed by atoms with Gasteiger partial charge in [-0.2, -0.15) is 0 Å². The maximum atomic E-state index is 6.12. The number of pyridine rings is 1. The van der Waals surface area contributed by atoms with Gasteiger partial charge < -0.3 is 20.3 Å². The maximum Gasteiger partial charge on any atom is 0.132 e. The molecule has 0 atom stereocenters. The summed E-state index contributed by atoms with van der Waals surface area (Å²) in [5.41, 5.74) is 3.28. The van der Waals surface area contributed by atoms with Gasteiger partial charge in [-0.05, 0) is 55.8 Å². The minimum atomic E-state index is 0.319. The summed E-state index contributed by atoms with van der Waals surface area (Å²) in [6.45, 7) is 2.99. The van der Waals surface area contributed by atoms with Gasteiger partial charge in [-0.3, -0.25) is 0 Å². The van der Waals surface area contributed by atoms with Crippen molar-refractivity contribution in [1.82, 2.24) is 9.88 Å². The normalized spacial score (nSPS) is 15.1. The second kappa shape index (κ2) is 9.43. The number of aromatic nitrogens is 1. The van der Waals surface area contributed by atoms with E-state index in [1.165, 1.54) is 5.56 Å². The lowest BCUT2D eigenvalue weighted by Crippen LogP contribution is -2.35. The Hall–Kier alpha value is -3.05. The van der Waals surface area contributed by atoms with Gasteiger partial charge in [0.2, 0.25) is 0 Å². The van der Waals surface area contributed by atoms with E-state index >= 15 is 0 Å². The van der Waals surface area contributed by atoms with Crippen LogP contribution in [0.5, 0.6) is 5.75 Å². The lowest BCUT2D eigenvalue weighted by Gasteiger charge is -2.29. The first-order valence-electron chi connectivity index (χ1n) is 10.2. The molecule has 0 unspecified atom stereocenters. The number of benzene rings is 2. The van der Waals surface area contributed by atoms with E-state index < -0.39 is 0 Å². The fourth-order valence-electron chi connectivity index (χ4n) is 3.47. The standard InChI is InChI=1S/C24H28N4O/c1-28-15-12-23(13-16-28)29-22-9-7-20(8-10-22)27-24-17-21(11-14-25-24)26-18-19-5-3-2-4-6-19/h2-11,14,17,23H,12-13,15-16,18H2,1H3,(H2,25,26,27). The topological polar surface area (TPSA) is 49.4 Å². The monoisotopic (exact) mass is 388 g/mol. The van der Waals surface area contributed by atoms with E-state index in [2.05, 4.69) is 51.8 Å². The van der Waals surface area contributed by atoms with Crippen LogP contribution in [0.25, 0.3) is 0 Å². The number of anilines is 3. The predicted molar refractivity (Wildman–Crippen MR) is 119 cm³/mol. The summed E-state index contributed by atoms with van der Waals surface area (Å²) in [6.07, 6.45) is 4.30. The van der Waals surface area contributed by atoms with Crippen LogP contribution in [0.15, 0.2) is 72.9 Å². The zero-order chi connectivity index (χ0) is 19.9. The average molecular weight is 389 g/mol. The fraction of sp³-hybridized carbons (Fsp3) is 0.292. The van der Waals surface area contributed by atoms with Crippen molar-refractivity contribution in [2.45, 2.75) is 25.5 Å². The molecule has 150 valence electrons. The zero-order valence-corrected chi connectivity index (χ0v) is 16.8. The highest BCUT2D eigenvalue weighted by atomic mass is 16.5. The van der Waals surface area contributed by atoms with E-state index in [1.807, 2.05) is 48.7 Å². The number of nitrogens with zero attached hydrogens (tertiary/aromatic N) is 2. The third kappa shape index (κ3) is 5.72. The van der Waals surface area contributed by atoms with Gasteiger partial charge in [0.25, 0.3) is 0 Å². The maximum absolute atomic E-state index is 6.12. The molecule has 1 aromatic heterocycles. The molecule has 0 spiro atoms. The summed E-state index contributed by atoms with van der Waals surface area (Å²) in [5.74, 6) is 1.74. The highest BCUT2D eigenvalue weighted by Crippen LogP contribution is 2.23. The molecular formula is C24H28N4O. The van der Waals surface area contributed by atoms with Crippen LogP contribution in [0.2, 0.25) is 0 Å². The van der Waals surface area contributed by atoms with Crippen molar-refractivity contribution in [2.24, 2.45) is 0 Å². The summed E-state index contributed by atoms with van der Waals surface area (Å²) in [6, 6.07) is 22.5. The molecule has 1 saturated heterocycles. The average Bonchev–Trinajstić information content (AvgIpc) is 2.76. The van der Waals surface area contributed by atoms with Crippen molar-refractivity contribution in [3.05, 3.63) is 78.5 Å². The van der Waals surface area contributed by atoms with Crippen molar-refractivity contribution in [2.75, 3.05) is 30.8 Å².